The summed E-state index contributed by atoms with van der Waals surface area (Å²) in [6.45, 7) is 4.22. The van der Waals surface area contributed by atoms with Crippen LogP contribution in [0.1, 0.15) is 29.7 Å². The second-order valence-corrected chi connectivity index (χ2v) is 12.7. The number of halogens is 2. The topological polar surface area (TPSA) is 79.6 Å². The molecule has 0 radical (unpaired) electrons. The Morgan fingerprint density at radius 2 is 1.77 bits per heavy atom. The van der Waals surface area contributed by atoms with Crippen molar-refractivity contribution in [2.75, 3.05) is 18.0 Å². The van der Waals surface area contributed by atoms with Gasteiger partial charge in [-0.1, -0.05) is 29.3 Å². The number of nitrogens with zero attached hydrogens (tertiary/aromatic N) is 4. The van der Waals surface area contributed by atoms with Crippen LogP contribution in [0.4, 0.5) is 5.82 Å². The number of aryl methyl sites for hydroxylation is 2. The number of thiophene rings is 2. The highest BCUT2D eigenvalue weighted by Crippen LogP contribution is 2.31. The largest absolute Gasteiger partial charge is 0.354 e. The Balaban J connectivity index is 0.000000171. The van der Waals surface area contributed by atoms with E-state index in [4.69, 9.17) is 11.6 Å². The SMILES string of the molecule is Cc1ccc(S(=O)(=O)N/N=C(\Cl)c2sccc2Br)cc1.Cn1nc(N2CCCCC2)c2sccc21. The Hall–Kier alpha value is -1.92. The van der Waals surface area contributed by atoms with Crippen LogP contribution in [0, 0.1) is 6.92 Å². The van der Waals surface area contributed by atoms with Crippen LogP contribution < -0.4 is 9.73 Å². The van der Waals surface area contributed by atoms with Crippen molar-refractivity contribution in [1.29, 1.82) is 0 Å². The summed E-state index contributed by atoms with van der Waals surface area (Å²) in [5.74, 6) is 1.20. The van der Waals surface area contributed by atoms with E-state index < -0.39 is 10.0 Å². The van der Waals surface area contributed by atoms with Gasteiger partial charge in [-0.15, -0.1) is 22.7 Å². The van der Waals surface area contributed by atoms with Crippen molar-refractivity contribution in [1.82, 2.24) is 14.6 Å². The van der Waals surface area contributed by atoms with Gasteiger partial charge in [0.2, 0.25) is 0 Å². The molecule has 0 unspecified atom stereocenters. The number of fused-ring (bicyclic) bond motifs is 1. The minimum Gasteiger partial charge on any atom is -0.354 e. The third-order valence-corrected chi connectivity index (χ3v) is 9.85. The van der Waals surface area contributed by atoms with Crippen molar-refractivity contribution < 1.29 is 8.42 Å². The number of aromatic nitrogens is 2. The summed E-state index contributed by atoms with van der Waals surface area (Å²) in [4.78, 5) is 5.36. The predicted molar refractivity (Wildman–Crippen MR) is 151 cm³/mol. The molecule has 0 amide bonds. The van der Waals surface area contributed by atoms with Crippen LogP contribution in [-0.4, -0.2) is 36.5 Å². The molecule has 4 aromatic rings. The van der Waals surface area contributed by atoms with Crippen LogP contribution in [0.3, 0.4) is 0 Å². The van der Waals surface area contributed by atoms with E-state index in [1.165, 1.54) is 71.9 Å². The van der Waals surface area contributed by atoms with Crippen molar-refractivity contribution in [2.45, 2.75) is 31.1 Å². The third kappa shape index (κ3) is 6.26. The molecule has 1 aromatic carbocycles. The van der Waals surface area contributed by atoms with Crippen LogP contribution in [0.25, 0.3) is 10.2 Å². The molecule has 1 N–H and O–H groups in total. The molecule has 0 aliphatic carbocycles. The average Bonchev–Trinajstić information content (AvgIpc) is 3.57. The van der Waals surface area contributed by atoms with E-state index in [1.54, 1.807) is 23.5 Å². The molecule has 0 bridgehead atoms. The quantitative estimate of drug-likeness (QED) is 0.211. The van der Waals surface area contributed by atoms with Gasteiger partial charge in [-0.05, 0) is 77.1 Å². The summed E-state index contributed by atoms with van der Waals surface area (Å²) in [6, 6.07) is 10.4. The number of piperidine rings is 1. The molecule has 1 aliphatic heterocycles. The molecule has 35 heavy (non-hydrogen) atoms. The molecule has 0 spiro atoms. The Kier molecular flexibility index (Phi) is 8.54. The zero-order valence-corrected chi connectivity index (χ0v) is 24.0. The van der Waals surface area contributed by atoms with Crippen molar-refractivity contribution in [3.8, 4) is 0 Å². The second-order valence-electron chi connectivity index (χ2n) is 8.04. The first-order valence-corrected chi connectivity index (χ1v) is 15.4. The van der Waals surface area contributed by atoms with Crippen LogP contribution >= 0.6 is 50.2 Å². The third-order valence-electron chi connectivity index (χ3n) is 5.50. The lowest BCUT2D eigenvalue weighted by molar-refractivity contribution is 0.571. The first kappa shape index (κ1) is 26.2. The highest BCUT2D eigenvalue weighted by Gasteiger charge is 2.18. The molecule has 1 saturated heterocycles. The van der Waals surface area contributed by atoms with Crippen molar-refractivity contribution >= 4 is 81.4 Å². The molecule has 5 rings (SSSR count). The van der Waals surface area contributed by atoms with Gasteiger partial charge in [-0.2, -0.15) is 23.4 Å². The van der Waals surface area contributed by atoms with E-state index in [0.717, 1.165) is 10.0 Å². The number of sulfonamides is 1. The van der Waals surface area contributed by atoms with Crippen LogP contribution in [-0.2, 0) is 17.1 Å². The summed E-state index contributed by atoms with van der Waals surface area (Å²) < 4.78 is 28.1. The first-order chi connectivity index (χ1) is 16.8. The number of hydrogen-bond donors (Lipinski definition) is 1. The Bertz CT molecular complexity index is 1420. The number of rotatable bonds is 5. The summed E-state index contributed by atoms with van der Waals surface area (Å²) >= 11 is 12.4. The van der Waals surface area contributed by atoms with Gasteiger partial charge in [0.25, 0.3) is 10.0 Å². The Labute approximate surface area is 226 Å². The number of anilines is 1. The monoisotopic (exact) mass is 613 g/mol. The van der Waals surface area contributed by atoms with Gasteiger partial charge >= 0.3 is 0 Å². The molecule has 3 aromatic heterocycles. The molecule has 1 fully saturated rings. The van der Waals surface area contributed by atoms with Gasteiger partial charge in [0.05, 0.1) is 20.0 Å². The molecule has 186 valence electrons. The number of hydrogen-bond acceptors (Lipinski definition) is 7. The molecule has 12 heteroatoms. The van der Waals surface area contributed by atoms with Gasteiger partial charge in [-0.3, -0.25) is 4.68 Å². The van der Waals surface area contributed by atoms with Crippen molar-refractivity contribution in [3.05, 3.63) is 62.1 Å². The molecule has 7 nitrogen and oxygen atoms in total. The summed E-state index contributed by atoms with van der Waals surface area (Å²) in [6.07, 6.45) is 3.99. The standard InChI is InChI=1S/C12H10BrClN2O2S2.C11H15N3S/c1-8-2-4-9(5-3-8)20(17,18)16-15-12(14)11-10(13)6-7-19-11;1-13-9-5-8-15-10(9)11(12-13)14-6-3-2-4-7-14/h2-7,16H,1H3;5,8H,2-4,6-7H2,1H3/b15-12-;. The molecular weight excluding hydrogens is 590 g/mol. The molecule has 0 saturated carbocycles. The lowest BCUT2D eigenvalue weighted by atomic mass is 10.1. The van der Waals surface area contributed by atoms with Crippen molar-refractivity contribution in [2.24, 2.45) is 12.1 Å². The molecule has 4 heterocycles. The zero-order chi connectivity index (χ0) is 25.0. The Morgan fingerprint density at radius 3 is 2.43 bits per heavy atom. The van der Waals surface area contributed by atoms with Crippen LogP contribution in [0.2, 0.25) is 0 Å². The zero-order valence-electron chi connectivity index (χ0n) is 19.2. The van der Waals surface area contributed by atoms with Gasteiger partial charge < -0.3 is 4.90 Å². The van der Waals surface area contributed by atoms with E-state index >= 15 is 0 Å². The van der Waals surface area contributed by atoms with Gasteiger partial charge in [0.1, 0.15) is 0 Å². The number of nitrogens with one attached hydrogen (secondary N) is 1. The van der Waals surface area contributed by atoms with Crippen LogP contribution in [0.15, 0.2) is 61.6 Å². The number of hydrazone groups is 1. The smallest absolute Gasteiger partial charge is 0.276 e. The van der Waals surface area contributed by atoms with E-state index in [1.807, 2.05) is 30.1 Å². The van der Waals surface area contributed by atoms with E-state index in [0.29, 0.717) is 4.88 Å². The second kappa shape index (κ2) is 11.4. The fourth-order valence-corrected chi connectivity index (χ4v) is 7.26. The van der Waals surface area contributed by atoms with Gasteiger partial charge in [0, 0.05) is 24.6 Å². The Morgan fingerprint density at radius 1 is 1.09 bits per heavy atom. The lowest BCUT2D eigenvalue weighted by Gasteiger charge is -2.26. The fraction of sp³-hybridized carbons (Fsp3) is 0.304. The van der Waals surface area contributed by atoms with Crippen molar-refractivity contribution in [3.63, 3.8) is 0 Å². The maximum Gasteiger partial charge on any atom is 0.276 e. The highest BCUT2D eigenvalue weighted by atomic mass is 79.9. The first-order valence-electron chi connectivity index (χ1n) is 11.0. The molecule has 1 aliphatic rings. The highest BCUT2D eigenvalue weighted by molar-refractivity contribution is 9.10. The van der Waals surface area contributed by atoms with E-state index in [-0.39, 0.29) is 10.1 Å². The van der Waals surface area contributed by atoms with E-state index in [9.17, 15) is 8.42 Å². The van der Waals surface area contributed by atoms with Crippen LogP contribution in [0.5, 0.6) is 0 Å². The van der Waals surface area contributed by atoms with E-state index in [2.05, 4.69) is 47.3 Å². The minimum atomic E-state index is -3.71. The maximum atomic E-state index is 12.0. The lowest BCUT2D eigenvalue weighted by Crippen LogP contribution is -2.29. The minimum absolute atomic E-state index is 0.0857. The summed E-state index contributed by atoms with van der Waals surface area (Å²) in [7, 11) is -1.68. The summed E-state index contributed by atoms with van der Waals surface area (Å²) in [5.41, 5.74) is 2.24. The molecular formula is C23H25BrClN5O2S3. The predicted octanol–water partition coefficient (Wildman–Crippen LogP) is 6.32. The molecule has 0 atom stereocenters. The fourth-order valence-electron chi connectivity index (χ4n) is 3.64. The summed E-state index contributed by atoms with van der Waals surface area (Å²) in [5, 5.41) is 12.4. The van der Waals surface area contributed by atoms with Gasteiger partial charge in [-0.25, -0.2) is 0 Å². The number of benzene rings is 1. The average molecular weight is 615 g/mol. The normalized spacial score (nSPS) is 14.6. The van der Waals surface area contributed by atoms with Gasteiger partial charge in [0.15, 0.2) is 11.0 Å². The maximum absolute atomic E-state index is 12.0.